The molecule has 32 heavy (non-hydrogen) atoms. The average Bonchev–Trinajstić information content (AvgIpc) is 3.67. The molecule has 1 aromatic carbocycles. The van der Waals surface area contributed by atoms with E-state index in [1.165, 1.54) is 12.6 Å². The number of anilines is 1. The second-order valence-electron chi connectivity index (χ2n) is 9.03. The van der Waals surface area contributed by atoms with Crippen molar-refractivity contribution in [3.63, 3.8) is 0 Å². The number of carbonyl (C=O) groups excluding carboxylic acids is 1. The quantitative estimate of drug-likeness (QED) is 0.430. The monoisotopic (exact) mass is 454 g/mol. The number of benzene rings is 1. The van der Waals surface area contributed by atoms with Crippen molar-refractivity contribution >= 4 is 34.5 Å². The predicted octanol–water partition coefficient (Wildman–Crippen LogP) is 1.48. The molecule has 0 unspecified atom stereocenters. The van der Waals surface area contributed by atoms with Crippen LogP contribution in [0.5, 0.6) is 0 Å². The smallest absolute Gasteiger partial charge is 0.229 e. The highest BCUT2D eigenvalue weighted by molar-refractivity contribution is 6.28. The summed E-state index contributed by atoms with van der Waals surface area (Å²) in [5.41, 5.74) is 1.33. The maximum Gasteiger partial charge on any atom is 0.229 e. The summed E-state index contributed by atoms with van der Waals surface area (Å²) >= 11 is 6.25. The van der Waals surface area contributed by atoms with Crippen molar-refractivity contribution in [2.75, 3.05) is 12.4 Å². The maximum atomic E-state index is 12.4. The summed E-state index contributed by atoms with van der Waals surface area (Å²) in [6.07, 6.45) is 0.807. The number of hydrogen-bond donors (Lipinski definition) is 4. The normalized spacial score (nSPS) is 34.9. The molecular formula is C22H23ClN6O3. The summed E-state index contributed by atoms with van der Waals surface area (Å²) in [5, 5.41) is 27.6. The molecule has 3 aliphatic rings. The lowest BCUT2D eigenvalue weighted by atomic mass is 9.98. The van der Waals surface area contributed by atoms with Gasteiger partial charge in [-0.3, -0.25) is 4.79 Å². The molecular weight excluding hydrogens is 432 g/mol. The zero-order chi connectivity index (χ0) is 22.2. The highest BCUT2D eigenvalue weighted by Crippen LogP contribution is 2.67. The number of nitrogens with one attached hydrogen (secondary N) is 2. The molecule has 3 saturated carbocycles. The standard InChI is InChI=1S/C22H23ClN6O3/c1-24-20(32)22-8-12(22)15(16(30)17(22)31)29-9-25-14-18(27-21(23)28-19(14)29)26-13-7-11(13)10-5-3-2-4-6-10/h2-6,9,11-13,15-17,30-31H,7-8H2,1H3,(H,24,32)(H,26,27,28)/t11-,12-,13+,15-,16+,17+,22+/m1/s1. The van der Waals surface area contributed by atoms with Gasteiger partial charge in [-0.25, -0.2) is 4.98 Å². The van der Waals surface area contributed by atoms with Crippen molar-refractivity contribution in [3.05, 3.63) is 47.5 Å². The zero-order valence-electron chi connectivity index (χ0n) is 17.3. The molecule has 166 valence electrons. The average molecular weight is 455 g/mol. The van der Waals surface area contributed by atoms with Gasteiger partial charge in [0.1, 0.15) is 6.10 Å². The molecule has 0 bridgehead atoms. The van der Waals surface area contributed by atoms with Crippen LogP contribution in [-0.4, -0.2) is 60.9 Å². The third-order valence-corrected chi connectivity index (χ3v) is 7.55. The molecule has 9 nitrogen and oxygen atoms in total. The summed E-state index contributed by atoms with van der Waals surface area (Å²) in [5.74, 6) is 0.481. The fourth-order valence-electron chi connectivity index (χ4n) is 5.59. The van der Waals surface area contributed by atoms with Crippen LogP contribution in [-0.2, 0) is 4.79 Å². The van der Waals surface area contributed by atoms with Gasteiger partial charge in [-0.15, -0.1) is 0 Å². The van der Waals surface area contributed by atoms with Gasteiger partial charge in [0.2, 0.25) is 11.2 Å². The predicted molar refractivity (Wildman–Crippen MR) is 117 cm³/mol. The fourth-order valence-corrected chi connectivity index (χ4v) is 5.76. The molecule has 0 saturated heterocycles. The summed E-state index contributed by atoms with van der Waals surface area (Å²) in [4.78, 5) is 25.7. The summed E-state index contributed by atoms with van der Waals surface area (Å²) in [6.45, 7) is 0. The van der Waals surface area contributed by atoms with Crippen LogP contribution in [0.3, 0.4) is 0 Å². The number of amides is 1. The van der Waals surface area contributed by atoms with Gasteiger partial charge >= 0.3 is 0 Å². The van der Waals surface area contributed by atoms with E-state index in [-0.39, 0.29) is 23.2 Å². The molecule has 3 aromatic rings. The number of hydrogen-bond acceptors (Lipinski definition) is 7. The number of halogens is 1. The second kappa shape index (κ2) is 6.87. The van der Waals surface area contributed by atoms with Crippen LogP contribution < -0.4 is 10.6 Å². The van der Waals surface area contributed by atoms with Crippen LogP contribution in [0.2, 0.25) is 5.28 Å². The highest BCUT2D eigenvalue weighted by atomic mass is 35.5. The molecule has 2 aromatic heterocycles. The van der Waals surface area contributed by atoms with Gasteiger partial charge in [-0.1, -0.05) is 30.3 Å². The minimum Gasteiger partial charge on any atom is -0.389 e. The number of carbonyl (C=O) groups is 1. The number of fused-ring (bicyclic) bond motifs is 2. The van der Waals surface area contributed by atoms with Gasteiger partial charge in [0.15, 0.2) is 17.0 Å². The Balaban J connectivity index is 1.32. The van der Waals surface area contributed by atoms with Crippen molar-refractivity contribution in [1.29, 1.82) is 0 Å². The minimum atomic E-state index is -1.15. The SMILES string of the molecule is CNC(=O)[C@@]12C[C@@H]1[C@@H](n1cnc3c(N[C@H]4C[C@@H]4c4ccccc4)nc(Cl)nc31)[C@H](O)[C@@H]2O. The number of aliphatic hydroxyl groups is 2. The van der Waals surface area contributed by atoms with Crippen LogP contribution >= 0.6 is 11.6 Å². The van der Waals surface area contributed by atoms with Crippen LogP contribution in [0.4, 0.5) is 5.82 Å². The first-order valence-electron chi connectivity index (χ1n) is 10.8. The van der Waals surface area contributed by atoms with E-state index in [1.54, 1.807) is 10.9 Å². The Bertz CT molecular complexity index is 1220. The zero-order valence-corrected chi connectivity index (χ0v) is 18.1. The Kier molecular flexibility index (Phi) is 4.27. The van der Waals surface area contributed by atoms with E-state index in [0.717, 1.165) is 6.42 Å². The number of nitrogens with zero attached hydrogens (tertiary/aromatic N) is 4. The summed E-state index contributed by atoms with van der Waals surface area (Å²) in [6, 6.07) is 10.00. The van der Waals surface area contributed by atoms with E-state index in [1.807, 2.05) is 18.2 Å². The molecule has 6 rings (SSSR count). The van der Waals surface area contributed by atoms with E-state index in [2.05, 4.69) is 37.7 Å². The highest BCUT2D eigenvalue weighted by Gasteiger charge is 2.75. The molecule has 0 radical (unpaired) electrons. The van der Waals surface area contributed by atoms with Gasteiger partial charge in [0, 0.05) is 24.9 Å². The lowest BCUT2D eigenvalue weighted by molar-refractivity contribution is -0.132. The Morgan fingerprint density at radius 3 is 2.78 bits per heavy atom. The van der Waals surface area contributed by atoms with Gasteiger partial charge in [-0.2, -0.15) is 9.97 Å². The number of aliphatic hydroxyl groups excluding tert-OH is 2. The number of imidazole rings is 1. The first-order chi connectivity index (χ1) is 15.5. The van der Waals surface area contributed by atoms with Gasteiger partial charge in [-0.05, 0) is 30.0 Å². The van der Waals surface area contributed by atoms with Crippen LogP contribution in [0.1, 0.15) is 30.4 Å². The molecule has 3 aliphatic carbocycles. The number of aromatic nitrogens is 4. The lowest BCUT2D eigenvalue weighted by Crippen LogP contribution is -2.41. The number of rotatable bonds is 5. The largest absolute Gasteiger partial charge is 0.389 e. The first-order valence-corrected chi connectivity index (χ1v) is 11.1. The molecule has 2 heterocycles. The Morgan fingerprint density at radius 1 is 1.25 bits per heavy atom. The van der Waals surface area contributed by atoms with Crippen LogP contribution in [0.15, 0.2) is 36.7 Å². The van der Waals surface area contributed by atoms with Gasteiger partial charge in [0.05, 0.1) is 23.9 Å². The van der Waals surface area contributed by atoms with Crippen LogP contribution in [0, 0.1) is 11.3 Å². The van der Waals surface area contributed by atoms with E-state index in [0.29, 0.717) is 29.3 Å². The fraction of sp³-hybridized carbons (Fsp3) is 0.455. The lowest BCUT2D eigenvalue weighted by Gasteiger charge is -2.23. The van der Waals surface area contributed by atoms with E-state index in [4.69, 9.17) is 11.6 Å². The second-order valence-corrected chi connectivity index (χ2v) is 9.36. The molecule has 10 heteroatoms. The Morgan fingerprint density at radius 2 is 2.03 bits per heavy atom. The minimum absolute atomic E-state index is 0.0695. The van der Waals surface area contributed by atoms with E-state index >= 15 is 0 Å². The summed E-state index contributed by atoms with van der Waals surface area (Å²) in [7, 11) is 1.54. The maximum absolute atomic E-state index is 12.4. The molecule has 4 N–H and O–H groups in total. The van der Waals surface area contributed by atoms with Crippen molar-refractivity contribution in [2.24, 2.45) is 11.3 Å². The van der Waals surface area contributed by atoms with E-state index < -0.39 is 23.7 Å². The molecule has 3 fully saturated rings. The Hall–Kier alpha value is -2.75. The van der Waals surface area contributed by atoms with E-state index in [9.17, 15) is 15.0 Å². The third kappa shape index (κ3) is 2.71. The third-order valence-electron chi connectivity index (χ3n) is 7.38. The summed E-state index contributed by atoms with van der Waals surface area (Å²) < 4.78 is 1.73. The first kappa shape index (κ1) is 19.9. The van der Waals surface area contributed by atoms with Gasteiger partial charge < -0.3 is 25.4 Å². The van der Waals surface area contributed by atoms with Crippen molar-refractivity contribution in [2.45, 2.75) is 43.1 Å². The molecule has 0 aliphatic heterocycles. The molecule has 0 spiro atoms. The topological polar surface area (TPSA) is 125 Å². The Labute approximate surface area is 188 Å². The van der Waals surface area contributed by atoms with Crippen LogP contribution in [0.25, 0.3) is 11.2 Å². The van der Waals surface area contributed by atoms with Crippen molar-refractivity contribution < 1.29 is 15.0 Å². The van der Waals surface area contributed by atoms with Crippen molar-refractivity contribution in [3.8, 4) is 0 Å². The van der Waals surface area contributed by atoms with Gasteiger partial charge in [0.25, 0.3) is 0 Å². The molecule has 1 amide bonds. The van der Waals surface area contributed by atoms with Crippen molar-refractivity contribution in [1.82, 2.24) is 24.8 Å². The molecule has 7 atom stereocenters.